The molecule has 0 aliphatic carbocycles. The van der Waals surface area contributed by atoms with Crippen LogP contribution in [0.2, 0.25) is 0 Å². The molecule has 1 aromatic heterocycles. The molecule has 1 aliphatic rings. The van der Waals surface area contributed by atoms with E-state index in [-0.39, 0.29) is 6.61 Å². The zero-order valence-corrected chi connectivity index (χ0v) is 30.6. The third kappa shape index (κ3) is 5.95. The summed E-state index contributed by atoms with van der Waals surface area (Å²) in [5, 5.41) is 18.5. The Balaban J connectivity index is 1.13. The number of aliphatic hydroxyl groups is 1. The van der Waals surface area contributed by atoms with Crippen LogP contribution in [0.4, 0.5) is 0 Å². The summed E-state index contributed by atoms with van der Waals surface area (Å²) >= 11 is 0. The number of aromatic amines is 1. The molecular weight excluding hydrogens is 709 g/mol. The zero-order valence-electron chi connectivity index (χ0n) is 30.6. The Hall–Kier alpha value is -6.46. The molecule has 280 valence electrons. The smallest absolute Gasteiger partial charge is 0.330 e. The second-order valence-corrected chi connectivity index (χ2v) is 13.9. The highest BCUT2D eigenvalue weighted by Crippen LogP contribution is 2.44. The van der Waals surface area contributed by atoms with Crippen LogP contribution in [0.3, 0.4) is 0 Å². The first-order chi connectivity index (χ1) is 27.4. The van der Waals surface area contributed by atoms with Gasteiger partial charge in [0.1, 0.15) is 35.1 Å². The number of H-pyrrole nitrogens is 1. The number of benzene rings is 7. The van der Waals surface area contributed by atoms with E-state index in [9.17, 15) is 14.7 Å². The van der Waals surface area contributed by atoms with Crippen LogP contribution in [0, 0.1) is 0 Å². The van der Waals surface area contributed by atoms with Crippen LogP contribution in [0.1, 0.15) is 22.9 Å². The number of aromatic nitrogens is 2. The Bertz CT molecular complexity index is 2700. The van der Waals surface area contributed by atoms with Gasteiger partial charge in [0.15, 0.2) is 12.3 Å². The van der Waals surface area contributed by atoms with E-state index in [0.717, 1.165) is 49.0 Å². The van der Waals surface area contributed by atoms with E-state index in [0.29, 0.717) is 17.2 Å². The molecule has 9 rings (SSSR count). The van der Waals surface area contributed by atoms with Crippen molar-refractivity contribution < 1.29 is 28.8 Å². The lowest BCUT2D eigenvalue weighted by Crippen LogP contribution is -2.42. The maximum Gasteiger partial charge on any atom is 0.330 e. The average molecular weight is 747 g/mol. The maximum atomic E-state index is 13.3. The van der Waals surface area contributed by atoms with Gasteiger partial charge < -0.3 is 28.8 Å². The first kappa shape index (κ1) is 35.3. The van der Waals surface area contributed by atoms with E-state index >= 15 is 0 Å². The second kappa shape index (κ2) is 14.3. The third-order valence-electron chi connectivity index (χ3n) is 10.8. The first-order valence-electron chi connectivity index (χ1n) is 18.3. The number of methoxy groups -OCH3 is 2. The Kier molecular flexibility index (Phi) is 9.01. The van der Waals surface area contributed by atoms with Crippen LogP contribution in [-0.2, 0) is 15.1 Å². The molecular formula is C46H38N2O8. The lowest BCUT2D eigenvalue weighted by molar-refractivity contribution is -0.0955. The summed E-state index contributed by atoms with van der Waals surface area (Å²) in [6, 6.07) is 44.7. The molecule has 1 fully saturated rings. The fourth-order valence-corrected chi connectivity index (χ4v) is 8.07. The van der Waals surface area contributed by atoms with Gasteiger partial charge in [-0.15, -0.1) is 0 Å². The van der Waals surface area contributed by atoms with Crippen molar-refractivity contribution in [1.29, 1.82) is 0 Å². The molecule has 7 aromatic carbocycles. The number of hydrogen-bond donors (Lipinski definition) is 2. The van der Waals surface area contributed by atoms with Gasteiger partial charge in [0, 0.05) is 23.0 Å². The van der Waals surface area contributed by atoms with Crippen molar-refractivity contribution in [2.45, 2.75) is 30.1 Å². The van der Waals surface area contributed by atoms with Crippen LogP contribution in [0.25, 0.3) is 32.3 Å². The van der Waals surface area contributed by atoms with E-state index in [2.05, 4.69) is 35.3 Å². The van der Waals surface area contributed by atoms with Crippen LogP contribution in [-0.4, -0.2) is 53.8 Å². The molecule has 10 heteroatoms. The molecule has 2 heterocycles. The zero-order chi connectivity index (χ0) is 38.4. The Morgan fingerprint density at radius 2 is 1.27 bits per heavy atom. The summed E-state index contributed by atoms with van der Waals surface area (Å²) in [6.07, 6.45) is -3.13. The molecule has 0 spiro atoms. The van der Waals surface area contributed by atoms with Crippen LogP contribution < -0.4 is 25.5 Å². The van der Waals surface area contributed by atoms with Gasteiger partial charge in [-0.25, -0.2) is 4.79 Å². The maximum absolute atomic E-state index is 13.3. The number of ether oxygens (including phenoxy) is 5. The van der Waals surface area contributed by atoms with Crippen molar-refractivity contribution in [3.8, 4) is 17.2 Å². The predicted molar refractivity (Wildman–Crippen MR) is 214 cm³/mol. The average Bonchev–Trinajstić information content (AvgIpc) is 3.54. The minimum Gasteiger partial charge on any atom is -0.497 e. The highest BCUT2D eigenvalue weighted by molar-refractivity contribution is 6.24. The molecule has 2 N–H and O–H groups in total. The van der Waals surface area contributed by atoms with Gasteiger partial charge in [-0.2, -0.15) is 0 Å². The van der Waals surface area contributed by atoms with Crippen molar-refractivity contribution >= 4 is 32.3 Å². The first-order valence-corrected chi connectivity index (χ1v) is 18.3. The quantitative estimate of drug-likeness (QED) is 0.106. The van der Waals surface area contributed by atoms with Gasteiger partial charge in [-0.3, -0.25) is 14.3 Å². The molecule has 1 aliphatic heterocycles. The molecule has 0 saturated carbocycles. The number of nitrogens with one attached hydrogen (secondary N) is 1. The monoisotopic (exact) mass is 746 g/mol. The summed E-state index contributed by atoms with van der Waals surface area (Å²) in [4.78, 5) is 27.8. The molecule has 8 aromatic rings. The standard InChI is InChI=1S/C46H38N2O8/c1-52-34-19-15-32(16-20-34)46(31-9-4-3-5-10-31,33-17-21-35(53-2)22-18-33)54-27-38-42(50)43(44(56-38)48-26-25-39(49)47-45(48)51)55-37-24-14-30-12-11-28-7-6-8-29-13-23-36(37)41(30)40(28)29/h3-26,38,42-44,50H,27H2,1-2H3,(H,47,49,51). The SMILES string of the molecule is COc1ccc(C(OCC2OC(n3ccc(=O)[nH]c3=O)C(Oc3ccc4ccc5cccc6ccc3c4c56)C2O)(c2ccccc2)c2ccc(OC)cc2)cc1. The highest BCUT2D eigenvalue weighted by Gasteiger charge is 2.49. The van der Waals surface area contributed by atoms with Crippen molar-refractivity contribution in [3.63, 3.8) is 0 Å². The minimum atomic E-state index is -1.28. The summed E-state index contributed by atoms with van der Waals surface area (Å²) in [5.41, 5.74) is -0.0133. The van der Waals surface area contributed by atoms with E-state index in [1.807, 2.05) is 103 Å². The van der Waals surface area contributed by atoms with E-state index < -0.39 is 41.4 Å². The Morgan fingerprint density at radius 3 is 1.89 bits per heavy atom. The highest BCUT2D eigenvalue weighted by atomic mass is 16.6. The summed E-state index contributed by atoms with van der Waals surface area (Å²) in [5.74, 6) is 1.88. The molecule has 0 amide bonds. The van der Waals surface area contributed by atoms with Crippen molar-refractivity contribution in [1.82, 2.24) is 9.55 Å². The normalized spacial score (nSPS) is 18.5. The van der Waals surface area contributed by atoms with Gasteiger partial charge in [-0.05, 0) is 74.6 Å². The van der Waals surface area contributed by atoms with Crippen molar-refractivity contribution in [3.05, 3.63) is 183 Å². The van der Waals surface area contributed by atoms with Crippen LogP contribution >= 0.6 is 0 Å². The van der Waals surface area contributed by atoms with E-state index in [1.165, 1.54) is 16.8 Å². The molecule has 4 unspecified atom stereocenters. The second-order valence-electron chi connectivity index (χ2n) is 13.9. The largest absolute Gasteiger partial charge is 0.497 e. The molecule has 0 bridgehead atoms. The topological polar surface area (TPSA) is 121 Å². The van der Waals surface area contributed by atoms with E-state index in [4.69, 9.17) is 23.7 Å². The fraction of sp³-hybridized carbons (Fsp3) is 0.174. The molecule has 4 atom stereocenters. The summed E-state index contributed by atoms with van der Waals surface area (Å²) in [6.45, 7) is -0.124. The Morgan fingerprint density at radius 1 is 0.679 bits per heavy atom. The number of hydrogen-bond acceptors (Lipinski definition) is 8. The lowest BCUT2D eigenvalue weighted by Gasteiger charge is -2.37. The number of nitrogens with zero attached hydrogens (tertiary/aromatic N) is 1. The van der Waals surface area contributed by atoms with Crippen molar-refractivity contribution in [2.24, 2.45) is 0 Å². The number of aliphatic hydroxyl groups excluding tert-OH is 1. The van der Waals surface area contributed by atoms with Gasteiger partial charge >= 0.3 is 5.69 Å². The molecule has 1 saturated heterocycles. The van der Waals surface area contributed by atoms with Crippen LogP contribution in [0.5, 0.6) is 17.2 Å². The molecule has 10 nitrogen and oxygen atoms in total. The predicted octanol–water partition coefficient (Wildman–Crippen LogP) is 7.17. The van der Waals surface area contributed by atoms with Gasteiger partial charge in [0.25, 0.3) is 5.56 Å². The molecule has 0 radical (unpaired) electrons. The van der Waals surface area contributed by atoms with E-state index in [1.54, 1.807) is 14.2 Å². The third-order valence-corrected chi connectivity index (χ3v) is 10.8. The van der Waals surface area contributed by atoms with Crippen molar-refractivity contribution in [2.75, 3.05) is 20.8 Å². The summed E-state index contributed by atoms with van der Waals surface area (Å²) < 4.78 is 32.7. The minimum absolute atomic E-state index is 0.124. The van der Waals surface area contributed by atoms with Gasteiger partial charge in [-0.1, -0.05) is 97.1 Å². The van der Waals surface area contributed by atoms with Gasteiger partial charge in [0.05, 0.1) is 20.8 Å². The Labute approximate surface area is 321 Å². The number of rotatable bonds is 11. The fourth-order valence-electron chi connectivity index (χ4n) is 8.07. The van der Waals surface area contributed by atoms with Crippen LogP contribution in [0.15, 0.2) is 155 Å². The summed E-state index contributed by atoms with van der Waals surface area (Å²) in [7, 11) is 3.23. The van der Waals surface area contributed by atoms with Gasteiger partial charge in [0.2, 0.25) is 0 Å². The lowest BCUT2D eigenvalue weighted by atomic mass is 9.80. The molecule has 56 heavy (non-hydrogen) atoms.